The van der Waals surface area contributed by atoms with Gasteiger partial charge in [0.15, 0.2) is 0 Å². The number of alkyl halides is 1. The van der Waals surface area contributed by atoms with Crippen molar-refractivity contribution >= 4 is 27.5 Å². The fraction of sp³-hybridized carbons (Fsp3) is 0.538. The highest BCUT2D eigenvalue weighted by Gasteiger charge is 2.46. The highest BCUT2D eigenvalue weighted by Crippen LogP contribution is 2.53. The summed E-state index contributed by atoms with van der Waals surface area (Å²) >= 11 is 9.60. The van der Waals surface area contributed by atoms with Crippen molar-refractivity contribution in [3.63, 3.8) is 0 Å². The molecular formula is C13H16BrClO. The summed E-state index contributed by atoms with van der Waals surface area (Å²) in [5.41, 5.74) is 0.355. The minimum absolute atomic E-state index is 0.263. The lowest BCUT2D eigenvalue weighted by atomic mass is 9.99. The van der Waals surface area contributed by atoms with E-state index in [4.69, 9.17) is 16.3 Å². The molecular weight excluding hydrogens is 287 g/mol. The molecule has 3 heteroatoms. The van der Waals surface area contributed by atoms with Gasteiger partial charge in [0.25, 0.3) is 0 Å². The van der Waals surface area contributed by atoms with Gasteiger partial charge < -0.3 is 4.74 Å². The Morgan fingerprint density at radius 1 is 1.50 bits per heavy atom. The smallest absolute Gasteiger partial charge is 0.120 e. The average Bonchev–Trinajstić information content (AvgIpc) is 2.99. The molecule has 1 aromatic carbocycles. The summed E-state index contributed by atoms with van der Waals surface area (Å²) < 4.78 is 6.78. The van der Waals surface area contributed by atoms with Crippen LogP contribution in [0.3, 0.4) is 0 Å². The summed E-state index contributed by atoms with van der Waals surface area (Å²) in [6.45, 7) is 2.85. The van der Waals surface area contributed by atoms with Gasteiger partial charge in [-0.25, -0.2) is 0 Å². The standard InChI is InChI=1S/C13H16BrClO/c1-10(15)13(5-6-13)7-8-16-12-4-2-3-11(14)9-12/h2-4,9-10H,5-8H2,1H3. The molecule has 0 radical (unpaired) electrons. The van der Waals surface area contributed by atoms with Crippen molar-refractivity contribution in [3.05, 3.63) is 28.7 Å². The zero-order chi connectivity index (χ0) is 11.6. The topological polar surface area (TPSA) is 9.23 Å². The number of ether oxygens (including phenoxy) is 1. The molecule has 0 saturated heterocycles. The van der Waals surface area contributed by atoms with Gasteiger partial charge in [-0.3, -0.25) is 0 Å². The van der Waals surface area contributed by atoms with Crippen LogP contribution in [0.25, 0.3) is 0 Å². The first-order chi connectivity index (χ1) is 7.62. The van der Waals surface area contributed by atoms with Crippen molar-refractivity contribution in [1.29, 1.82) is 0 Å². The van der Waals surface area contributed by atoms with Crippen LogP contribution >= 0.6 is 27.5 Å². The lowest BCUT2D eigenvalue weighted by Gasteiger charge is -2.17. The Morgan fingerprint density at radius 2 is 2.25 bits per heavy atom. The molecule has 0 aromatic heterocycles. The predicted octanol–water partition coefficient (Wildman–Crippen LogP) is 4.63. The molecule has 2 rings (SSSR count). The molecule has 0 amide bonds. The van der Waals surface area contributed by atoms with E-state index in [0.717, 1.165) is 23.2 Å². The van der Waals surface area contributed by atoms with Crippen LogP contribution in [0.1, 0.15) is 26.2 Å². The van der Waals surface area contributed by atoms with Gasteiger partial charge in [0.05, 0.1) is 6.61 Å². The number of halogens is 2. The fourth-order valence-corrected chi connectivity index (χ4v) is 2.64. The Bertz CT molecular complexity index is 361. The Balaban J connectivity index is 1.80. The van der Waals surface area contributed by atoms with E-state index in [2.05, 4.69) is 22.9 Å². The van der Waals surface area contributed by atoms with E-state index in [1.807, 2.05) is 24.3 Å². The summed E-state index contributed by atoms with van der Waals surface area (Å²) in [5, 5.41) is 0.263. The van der Waals surface area contributed by atoms with Gasteiger partial charge in [0.1, 0.15) is 5.75 Å². The SMILES string of the molecule is CC(Cl)C1(CCOc2cccc(Br)c2)CC1. The van der Waals surface area contributed by atoms with Crippen LogP contribution in [0.4, 0.5) is 0 Å². The molecule has 1 atom stereocenters. The average molecular weight is 304 g/mol. The van der Waals surface area contributed by atoms with Crippen LogP contribution in [0, 0.1) is 5.41 Å². The fourth-order valence-electron chi connectivity index (χ4n) is 1.94. The van der Waals surface area contributed by atoms with E-state index in [9.17, 15) is 0 Å². The van der Waals surface area contributed by atoms with Gasteiger partial charge in [-0.05, 0) is 49.8 Å². The second-order valence-electron chi connectivity index (χ2n) is 4.53. The quantitative estimate of drug-likeness (QED) is 0.721. The molecule has 0 heterocycles. The summed E-state index contributed by atoms with van der Waals surface area (Å²) in [5.74, 6) is 0.924. The predicted molar refractivity (Wildman–Crippen MR) is 71.2 cm³/mol. The molecule has 1 aromatic rings. The van der Waals surface area contributed by atoms with Crippen LogP contribution < -0.4 is 4.74 Å². The molecule has 1 aliphatic carbocycles. The molecule has 16 heavy (non-hydrogen) atoms. The van der Waals surface area contributed by atoms with Gasteiger partial charge in [-0.1, -0.05) is 22.0 Å². The first kappa shape index (κ1) is 12.3. The van der Waals surface area contributed by atoms with E-state index >= 15 is 0 Å². The minimum atomic E-state index is 0.263. The number of benzene rings is 1. The Hall–Kier alpha value is -0.210. The molecule has 88 valence electrons. The van der Waals surface area contributed by atoms with Gasteiger partial charge in [0, 0.05) is 9.85 Å². The van der Waals surface area contributed by atoms with Crippen molar-refractivity contribution in [3.8, 4) is 5.75 Å². The lowest BCUT2D eigenvalue weighted by molar-refractivity contribution is 0.267. The normalized spacial score (nSPS) is 19.2. The highest BCUT2D eigenvalue weighted by atomic mass is 79.9. The summed E-state index contributed by atoms with van der Waals surface area (Å²) in [7, 11) is 0. The second kappa shape index (κ2) is 4.97. The lowest BCUT2D eigenvalue weighted by Crippen LogP contribution is -2.16. The van der Waals surface area contributed by atoms with Crippen LogP contribution in [-0.4, -0.2) is 12.0 Å². The monoisotopic (exact) mass is 302 g/mol. The first-order valence-corrected chi connectivity index (χ1v) is 6.88. The molecule has 1 saturated carbocycles. The van der Waals surface area contributed by atoms with E-state index < -0.39 is 0 Å². The zero-order valence-corrected chi connectivity index (χ0v) is 11.7. The third-order valence-electron chi connectivity index (χ3n) is 3.40. The van der Waals surface area contributed by atoms with Crippen molar-refractivity contribution in [2.24, 2.45) is 5.41 Å². The zero-order valence-electron chi connectivity index (χ0n) is 9.38. The third kappa shape index (κ3) is 2.92. The molecule has 0 spiro atoms. The molecule has 1 unspecified atom stereocenters. The van der Waals surface area contributed by atoms with Gasteiger partial charge in [-0.2, -0.15) is 0 Å². The van der Waals surface area contributed by atoms with E-state index in [1.54, 1.807) is 0 Å². The summed E-state index contributed by atoms with van der Waals surface area (Å²) in [6.07, 6.45) is 3.56. The molecule has 1 aliphatic rings. The first-order valence-electron chi connectivity index (χ1n) is 5.65. The maximum atomic E-state index is 6.18. The van der Waals surface area contributed by atoms with Crippen LogP contribution in [0.2, 0.25) is 0 Å². The van der Waals surface area contributed by atoms with Gasteiger partial charge in [-0.15, -0.1) is 11.6 Å². The van der Waals surface area contributed by atoms with Crippen molar-refractivity contribution in [2.75, 3.05) is 6.61 Å². The molecule has 0 N–H and O–H groups in total. The summed E-state index contributed by atoms with van der Waals surface area (Å²) in [4.78, 5) is 0. The van der Waals surface area contributed by atoms with E-state index in [0.29, 0.717) is 5.41 Å². The molecule has 1 nitrogen and oxygen atoms in total. The Morgan fingerprint density at radius 3 is 2.81 bits per heavy atom. The van der Waals surface area contributed by atoms with Crippen LogP contribution in [0.5, 0.6) is 5.75 Å². The van der Waals surface area contributed by atoms with Gasteiger partial charge >= 0.3 is 0 Å². The molecule has 0 bridgehead atoms. The number of hydrogen-bond acceptors (Lipinski definition) is 1. The van der Waals surface area contributed by atoms with E-state index in [1.165, 1.54) is 12.8 Å². The molecule has 0 aliphatic heterocycles. The maximum Gasteiger partial charge on any atom is 0.120 e. The number of rotatable bonds is 5. The largest absolute Gasteiger partial charge is 0.494 e. The van der Waals surface area contributed by atoms with Crippen molar-refractivity contribution in [2.45, 2.75) is 31.6 Å². The highest BCUT2D eigenvalue weighted by molar-refractivity contribution is 9.10. The second-order valence-corrected chi connectivity index (χ2v) is 6.10. The summed E-state index contributed by atoms with van der Waals surface area (Å²) in [6, 6.07) is 7.95. The number of hydrogen-bond donors (Lipinski definition) is 0. The third-order valence-corrected chi connectivity index (χ3v) is 4.36. The molecule has 1 fully saturated rings. The van der Waals surface area contributed by atoms with Crippen LogP contribution in [-0.2, 0) is 0 Å². The van der Waals surface area contributed by atoms with Gasteiger partial charge in [0.2, 0.25) is 0 Å². The minimum Gasteiger partial charge on any atom is -0.494 e. The van der Waals surface area contributed by atoms with Crippen molar-refractivity contribution < 1.29 is 4.74 Å². The van der Waals surface area contributed by atoms with Crippen LogP contribution in [0.15, 0.2) is 28.7 Å². The van der Waals surface area contributed by atoms with E-state index in [-0.39, 0.29) is 5.38 Å². The Labute approximate surface area is 110 Å². The Kier molecular flexibility index (Phi) is 3.81. The maximum absolute atomic E-state index is 6.18. The van der Waals surface area contributed by atoms with Crippen molar-refractivity contribution in [1.82, 2.24) is 0 Å².